The summed E-state index contributed by atoms with van der Waals surface area (Å²) in [5.41, 5.74) is 7.62. The van der Waals surface area contributed by atoms with E-state index >= 15 is 0 Å². The lowest BCUT2D eigenvalue weighted by Crippen LogP contribution is -2.48. The zero-order valence-electron chi connectivity index (χ0n) is 23.3. The average molecular weight is 556 g/mol. The molecule has 1 aromatic heterocycles. The number of hydrogen-bond donors (Lipinski definition) is 4. The molecule has 5 N–H and O–H groups in total. The lowest BCUT2D eigenvalue weighted by Gasteiger charge is -2.21. The zero-order chi connectivity index (χ0) is 28.9. The molecule has 0 spiro atoms. The van der Waals surface area contributed by atoms with Crippen LogP contribution in [0.15, 0.2) is 48.7 Å². The molecule has 3 rings (SSSR count). The van der Waals surface area contributed by atoms with E-state index in [-0.39, 0.29) is 24.5 Å². The molecular weight excluding hydrogens is 518 g/mol. The van der Waals surface area contributed by atoms with Crippen LogP contribution in [0.3, 0.4) is 0 Å². The van der Waals surface area contributed by atoms with E-state index in [9.17, 15) is 14.7 Å². The predicted octanol–water partition coefficient (Wildman–Crippen LogP) is 3.56. The van der Waals surface area contributed by atoms with Crippen molar-refractivity contribution < 1.29 is 19.4 Å². The van der Waals surface area contributed by atoms with Gasteiger partial charge in [-0.2, -0.15) is 0 Å². The van der Waals surface area contributed by atoms with Crippen molar-refractivity contribution in [2.75, 3.05) is 6.54 Å². The largest absolute Gasteiger partial charge is 0.489 e. The number of nitrogens with two attached hydrogens (primary N) is 1. The van der Waals surface area contributed by atoms with Gasteiger partial charge in [0.15, 0.2) is 0 Å². The lowest BCUT2D eigenvalue weighted by molar-refractivity contribution is -0.122. The Balaban J connectivity index is 1.76. The van der Waals surface area contributed by atoms with Crippen molar-refractivity contribution in [3.8, 4) is 17.0 Å². The van der Waals surface area contributed by atoms with Crippen LogP contribution in [-0.2, 0) is 23.9 Å². The van der Waals surface area contributed by atoms with E-state index in [0.29, 0.717) is 28.6 Å². The van der Waals surface area contributed by atoms with Crippen LogP contribution in [0.2, 0.25) is 5.02 Å². The Morgan fingerprint density at radius 1 is 1.15 bits per heavy atom. The van der Waals surface area contributed by atoms with Crippen LogP contribution in [0.25, 0.3) is 11.3 Å². The standard InChI is InChI=1S/C29H38ClN5O4/c1-17(2)39-25-12-11-21(14-23(25)30)27(37)33-22(15-32-26(36)18(3)31)13-19-7-9-20(10-8-19)24-16-35(6)28(34-24)29(4,5)38/h7-12,14,16-18,22,38H,13,15,31H2,1-6H3,(H,32,36)(H,33,37). The maximum absolute atomic E-state index is 13.1. The average Bonchev–Trinajstić information content (AvgIpc) is 3.25. The molecule has 2 atom stereocenters. The van der Waals surface area contributed by atoms with Crippen molar-refractivity contribution >= 4 is 23.4 Å². The molecule has 2 unspecified atom stereocenters. The number of carbonyl (C=O) groups is 2. The summed E-state index contributed by atoms with van der Waals surface area (Å²) in [6.07, 6.45) is 2.29. The van der Waals surface area contributed by atoms with Gasteiger partial charge in [0.2, 0.25) is 5.91 Å². The number of nitrogens with one attached hydrogen (secondary N) is 2. The van der Waals surface area contributed by atoms with Gasteiger partial charge in [-0.05, 0) is 64.8 Å². The van der Waals surface area contributed by atoms with Gasteiger partial charge in [0, 0.05) is 30.9 Å². The van der Waals surface area contributed by atoms with E-state index in [4.69, 9.17) is 22.1 Å². The highest BCUT2D eigenvalue weighted by Gasteiger charge is 2.23. The molecule has 0 saturated carbocycles. The summed E-state index contributed by atoms with van der Waals surface area (Å²) >= 11 is 6.33. The van der Waals surface area contributed by atoms with Crippen molar-refractivity contribution in [3.05, 3.63) is 70.6 Å². The third-order valence-electron chi connectivity index (χ3n) is 5.98. The molecule has 0 aliphatic rings. The van der Waals surface area contributed by atoms with Crippen LogP contribution >= 0.6 is 11.6 Å². The van der Waals surface area contributed by atoms with Crippen molar-refractivity contribution in [3.63, 3.8) is 0 Å². The first-order chi connectivity index (χ1) is 18.2. The summed E-state index contributed by atoms with van der Waals surface area (Å²) in [4.78, 5) is 29.8. The molecule has 0 radical (unpaired) electrons. The molecule has 0 fully saturated rings. The SMILES string of the molecule is CC(C)Oc1ccc(C(=O)NC(CNC(=O)C(C)N)Cc2ccc(-c3cn(C)c(C(C)(C)O)n3)cc2)cc1Cl. The number of benzene rings is 2. The van der Waals surface area contributed by atoms with E-state index < -0.39 is 17.7 Å². The normalized spacial score (nSPS) is 13.2. The summed E-state index contributed by atoms with van der Waals surface area (Å²) in [5.74, 6) is 0.447. The number of amides is 2. The third kappa shape index (κ3) is 8.29. The Kier molecular flexibility index (Phi) is 9.77. The maximum atomic E-state index is 13.1. The van der Waals surface area contributed by atoms with Gasteiger partial charge < -0.3 is 30.8 Å². The number of halogens is 1. The highest BCUT2D eigenvalue weighted by atomic mass is 35.5. The number of imidazole rings is 1. The molecular formula is C29H38ClN5O4. The fourth-order valence-electron chi connectivity index (χ4n) is 4.09. The van der Waals surface area contributed by atoms with Gasteiger partial charge in [-0.1, -0.05) is 35.9 Å². The Hall–Kier alpha value is -3.40. The minimum Gasteiger partial charge on any atom is -0.489 e. The topological polar surface area (TPSA) is 132 Å². The van der Waals surface area contributed by atoms with Crippen LogP contribution in [-0.4, -0.2) is 51.2 Å². The van der Waals surface area contributed by atoms with E-state index in [1.54, 1.807) is 39.0 Å². The summed E-state index contributed by atoms with van der Waals surface area (Å²) in [6.45, 7) is 8.99. The first-order valence-electron chi connectivity index (χ1n) is 12.9. The van der Waals surface area contributed by atoms with E-state index in [0.717, 1.165) is 16.8 Å². The zero-order valence-corrected chi connectivity index (χ0v) is 24.0. The second-order valence-electron chi connectivity index (χ2n) is 10.5. The molecule has 0 bridgehead atoms. The van der Waals surface area contributed by atoms with Crippen LogP contribution in [0.5, 0.6) is 5.75 Å². The molecule has 2 amide bonds. The van der Waals surface area contributed by atoms with Gasteiger partial charge in [0.1, 0.15) is 17.2 Å². The Morgan fingerprint density at radius 3 is 2.36 bits per heavy atom. The van der Waals surface area contributed by atoms with Gasteiger partial charge in [-0.15, -0.1) is 0 Å². The summed E-state index contributed by atoms with van der Waals surface area (Å²) in [6, 6.07) is 11.6. The summed E-state index contributed by atoms with van der Waals surface area (Å²) in [5, 5.41) is 16.5. The summed E-state index contributed by atoms with van der Waals surface area (Å²) in [7, 11) is 1.85. The van der Waals surface area contributed by atoms with Crippen molar-refractivity contribution in [1.82, 2.24) is 20.2 Å². The number of aliphatic hydroxyl groups is 1. The smallest absolute Gasteiger partial charge is 0.251 e. The number of aromatic nitrogens is 2. The van der Waals surface area contributed by atoms with Crippen LogP contribution in [0, 0.1) is 0 Å². The summed E-state index contributed by atoms with van der Waals surface area (Å²) < 4.78 is 7.46. The number of nitrogens with zero attached hydrogens (tertiary/aromatic N) is 2. The number of rotatable bonds is 11. The minimum atomic E-state index is -1.06. The second-order valence-corrected chi connectivity index (χ2v) is 10.9. The lowest BCUT2D eigenvalue weighted by atomic mass is 10.0. The number of aryl methyl sites for hydroxylation is 1. The predicted molar refractivity (Wildman–Crippen MR) is 153 cm³/mol. The molecule has 39 heavy (non-hydrogen) atoms. The van der Waals surface area contributed by atoms with Crippen molar-refractivity contribution in [2.45, 2.75) is 64.8 Å². The van der Waals surface area contributed by atoms with E-state index in [1.807, 2.05) is 55.9 Å². The molecule has 3 aromatic rings. The highest BCUT2D eigenvalue weighted by molar-refractivity contribution is 6.32. The van der Waals surface area contributed by atoms with Crippen molar-refractivity contribution in [1.29, 1.82) is 0 Å². The number of hydrogen-bond acceptors (Lipinski definition) is 6. The fraction of sp³-hybridized carbons (Fsp3) is 0.414. The van der Waals surface area contributed by atoms with E-state index in [1.165, 1.54) is 0 Å². The molecule has 9 nitrogen and oxygen atoms in total. The van der Waals surface area contributed by atoms with Gasteiger partial charge in [-0.25, -0.2) is 4.98 Å². The highest BCUT2D eigenvalue weighted by Crippen LogP contribution is 2.27. The first kappa shape index (κ1) is 30.1. The molecule has 0 saturated heterocycles. The van der Waals surface area contributed by atoms with Gasteiger partial charge in [0.25, 0.3) is 5.91 Å². The van der Waals surface area contributed by atoms with E-state index in [2.05, 4.69) is 15.6 Å². The molecule has 2 aromatic carbocycles. The number of carbonyl (C=O) groups excluding carboxylic acids is 2. The monoisotopic (exact) mass is 555 g/mol. The molecule has 0 aliphatic carbocycles. The van der Waals surface area contributed by atoms with Crippen LogP contribution in [0.4, 0.5) is 0 Å². The second kappa shape index (κ2) is 12.6. The molecule has 1 heterocycles. The minimum absolute atomic E-state index is 0.0484. The van der Waals surface area contributed by atoms with Crippen molar-refractivity contribution in [2.24, 2.45) is 12.8 Å². The Bertz CT molecular complexity index is 1300. The quantitative estimate of drug-likeness (QED) is 0.286. The third-order valence-corrected chi connectivity index (χ3v) is 6.28. The maximum Gasteiger partial charge on any atom is 0.251 e. The van der Waals surface area contributed by atoms with Gasteiger partial charge in [0.05, 0.1) is 28.9 Å². The molecule has 10 heteroatoms. The fourth-order valence-corrected chi connectivity index (χ4v) is 4.31. The van der Waals surface area contributed by atoms with Crippen LogP contribution in [0.1, 0.15) is 56.4 Å². The Morgan fingerprint density at radius 2 is 1.82 bits per heavy atom. The van der Waals surface area contributed by atoms with Gasteiger partial charge >= 0.3 is 0 Å². The first-order valence-corrected chi connectivity index (χ1v) is 13.3. The number of ether oxygens (including phenoxy) is 1. The molecule has 210 valence electrons. The Labute approximate surface area is 234 Å². The van der Waals surface area contributed by atoms with Crippen LogP contribution < -0.4 is 21.1 Å². The molecule has 0 aliphatic heterocycles. The van der Waals surface area contributed by atoms with Gasteiger partial charge in [-0.3, -0.25) is 9.59 Å².